The van der Waals surface area contributed by atoms with Gasteiger partial charge < -0.3 is 15.4 Å². The summed E-state index contributed by atoms with van der Waals surface area (Å²) in [4.78, 5) is 24.5. The van der Waals surface area contributed by atoms with Gasteiger partial charge in [-0.05, 0) is 50.8 Å². The highest BCUT2D eigenvalue weighted by Gasteiger charge is 2.25. The van der Waals surface area contributed by atoms with Crippen LogP contribution in [-0.4, -0.2) is 23.6 Å². The maximum Gasteiger partial charge on any atom is 0.408 e. The van der Waals surface area contributed by atoms with Gasteiger partial charge in [0.05, 0.1) is 0 Å². The van der Waals surface area contributed by atoms with Crippen LogP contribution in [0, 0.1) is 5.92 Å². The lowest BCUT2D eigenvalue weighted by molar-refractivity contribution is -0.118. The van der Waals surface area contributed by atoms with Crippen LogP contribution in [0.3, 0.4) is 0 Å². The summed E-state index contributed by atoms with van der Waals surface area (Å²) >= 11 is 3.39. The number of hydrogen-bond donors (Lipinski definition) is 2. The van der Waals surface area contributed by atoms with Crippen molar-refractivity contribution >= 4 is 33.6 Å². The first kappa shape index (κ1) is 20.5. The molecule has 0 saturated carbocycles. The van der Waals surface area contributed by atoms with E-state index in [0.29, 0.717) is 12.1 Å². The van der Waals surface area contributed by atoms with E-state index in [0.717, 1.165) is 10.9 Å². The van der Waals surface area contributed by atoms with Crippen molar-refractivity contribution in [2.24, 2.45) is 5.92 Å². The van der Waals surface area contributed by atoms with Crippen LogP contribution in [0.2, 0.25) is 0 Å². The number of halogens is 1. The molecule has 0 aliphatic rings. The van der Waals surface area contributed by atoms with E-state index in [9.17, 15) is 9.59 Å². The van der Waals surface area contributed by atoms with E-state index in [-0.39, 0.29) is 11.8 Å². The average molecular weight is 399 g/mol. The van der Waals surface area contributed by atoms with Gasteiger partial charge in [0.25, 0.3) is 0 Å². The van der Waals surface area contributed by atoms with Crippen molar-refractivity contribution in [1.29, 1.82) is 0 Å². The summed E-state index contributed by atoms with van der Waals surface area (Å²) in [5.41, 5.74) is 1.22. The molecule has 1 rings (SSSR count). The Morgan fingerprint density at radius 1 is 1.17 bits per heavy atom. The molecule has 24 heavy (non-hydrogen) atoms. The van der Waals surface area contributed by atoms with Gasteiger partial charge in [0.15, 0.2) is 0 Å². The third kappa shape index (κ3) is 7.81. The molecule has 0 aliphatic carbocycles. The van der Waals surface area contributed by atoms with E-state index >= 15 is 0 Å². The molecule has 5 nitrogen and oxygen atoms in total. The number of nitrogens with one attached hydrogen (secondary N) is 2. The summed E-state index contributed by atoms with van der Waals surface area (Å²) in [7, 11) is 0. The third-order valence-corrected chi connectivity index (χ3v) is 3.74. The maximum atomic E-state index is 12.5. The molecule has 0 aromatic heterocycles. The second kappa shape index (κ2) is 9.06. The van der Waals surface area contributed by atoms with E-state index in [2.05, 4.69) is 26.6 Å². The largest absolute Gasteiger partial charge is 0.444 e. The first-order valence-electron chi connectivity index (χ1n) is 8.06. The van der Waals surface area contributed by atoms with Crippen molar-refractivity contribution in [2.75, 3.05) is 5.32 Å². The monoisotopic (exact) mass is 398 g/mol. The molecule has 134 valence electrons. The van der Waals surface area contributed by atoms with Crippen LogP contribution in [0.4, 0.5) is 10.5 Å². The Morgan fingerprint density at radius 3 is 2.21 bits per heavy atom. The molecule has 2 amide bonds. The highest BCUT2D eigenvalue weighted by Crippen LogP contribution is 2.14. The molecule has 0 fully saturated rings. The SMILES string of the molecule is CC(C)C[C@H](NC(=O)OC(C)(C)C)C(=O)Nc1ccc(CBr)cc1. The Kier molecular flexibility index (Phi) is 7.73. The van der Waals surface area contributed by atoms with Crippen LogP contribution < -0.4 is 10.6 Å². The van der Waals surface area contributed by atoms with Gasteiger partial charge in [-0.25, -0.2) is 4.79 Å². The van der Waals surface area contributed by atoms with E-state index in [1.54, 1.807) is 20.8 Å². The third-order valence-electron chi connectivity index (χ3n) is 3.09. The number of anilines is 1. The zero-order valence-electron chi connectivity index (χ0n) is 15.0. The van der Waals surface area contributed by atoms with Gasteiger partial charge in [0.2, 0.25) is 5.91 Å². The summed E-state index contributed by atoms with van der Waals surface area (Å²) < 4.78 is 5.25. The van der Waals surface area contributed by atoms with Gasteiger partial charge in [-0.2, -0.15) is 0 Å². The Morgan fingerprint density at radius 2 is 1.75 bits per heavy atom. The molecular weight excluding hydrogens is 372 g/mol. The topological polar surface area (TPSA) is 67.4 Å². The van der Waals surface area contributed by atoms with E-state index < -0.39 is 17.7 Å². The van der Waals surface area contributed by atoms with Crippen LogP contribution in [-0.2, 0) is 14.9 Å². The molecule has 0 saturated heterocycles. The van der Waals surface area contributed by atoms with Crippen molar-refractivity contribution in [2.45, 2.75) is 58.0 Å². The fourth-order valence-electron chi connectivity index (χ4n) is 2.06. The number of carbonyl (C=O) groups is 2. The molecule has 1 aromatic rings. The number of carbonyl (C=O) groups excluding carboxylic acids is 2. The average Bonchev–Trinajstić information content (AvgIpc) is 2.44. The number of rotatable bonds is 6. The lowest BCUT2D eigenvalue weighted by Crippen LogP contribution is -2.46. The van der Waals surface area contributed by atoms with Crippen molar-refractivity contribution in [3.63, 3.8) is 0 Å². The zero-order valence-corrected chi connectivity index (χ0v) is 16.6. The normalized spacial score (nSPS) is 12.6. The zero-order chi connectivity index (χ0) is 18.3. The Bertz CT molecular complexity index is 550. The van der Waals surface area contributed by atoms with Crippen LogP contribution in [0.5, 0.6) is 0 Å². The molecule has 0 aliphatic heterocycles. The molecule has 0 spiro atoms. The Hall–Kier alpha value is -1.56. The molecule has 0 radical (unpaired) electrons. The van der Waals surface area contributed by atoms with Crippen LogP contribution in [0.1, 0.15) is 46.6 Å². The molecule has 0 heterocycles. The van der Waals surface area contributed by atoms with Gasteiger partial charge in [0.1, 0.15) is 11.6 Å². The summed E-state index contributed by atoms with van der Waals surface area (Å²) in [6.07, 6.45) is -0.0529. The number of alkyl halides is 1. The summed E-state index contributed by atoms with van der Waals surface area (Å²) in [6.45, 7) is 9.37. The molecule has 2 N–H and O–H groups in total. The predicted octanol–water partition coefficient (Wildman–Crippen LogP) is 4.46. The second-order valence-corrected chi connectivity index (χ2v) is 7.71. The molecule has 1 atom stereocenters. The minimum absolute atomic E-state index is 0.249. The molecule has 1 aromatic carbocycles. The minimum atomic E-state index is -0.643. The highest BCUT2D eigenvalue weighted by atomic mass is 79.9. The first-order valence-corrected chi connectivity index (χ1v) is 9.18. The number of ether oxygens (including phenoxy) is 1. The molecule has 6 heteroatoms. The van der Waals surface area contributed by atoms with E-state index in [1.165, 1.54) is 0 Å². The molecular formula is C18H27BrN2O3. The van der Waals surface area contributed by atoms with Gasteiger partial charge in [0, 0.05) is 11.0 Å². The predicted molar refractivity (Wildman–Crippen MR) is 100 cm³/mol. The van der Waals surface area contributed by atoms with E-state index in [1.807, 2.05) is 38.1 Å². The lowest BCUT2D eigenvalue weighted by atomic mass is 10.0. The van der Waals surface area contributed by atoms with Gasteiger partial charge >= 0.3 is 6.09 Å². The quantitative estimate of drug-likeness (QED) is 0.694. The van der Waals surface area contributed by atoms with Crippen molar-refractivity contribution in [1.82, 2.24) is 5.32 Å². The molecule has 0 unspecified atom stereocenters. The Balaban J connectivity index is 2.74. The maximum absolute atomic E-state index is 12.5. The number of amides is 2. The van der Waals surface area contributed by atoms with Crippen molar-refractivity contribution in [3.05, 3.63) is 29.8 Å². The summed E-state index contributed by atoms with van der Waals surface area (Å²) in [6, 6.07) is 6.91. The smallest absolute Gasteiger partial charge is 0.408 e. The van der Waals surface area contributed by atoms with E-state index in [4.69, 9.17) is 4.74 Å². The summed E-state index contributed by atoms with van der Waals surface area (Å²) in [5, 5.41) is 6.27. The second-order valence-electron chi connectivity index (χ2n) is 7.15. The van der Waals surface area contributed by atoms with Crippen LogP contribution >= 0.6 is 15.9 Å². The molecule has 0 bridgehead atoms. The standard InChI is InChI=1S/C18H27BrN2O3/c1-12(2)10-15(21-17(23)24-18(3,4)5)16(22)20-14-8-6-13(11-19)7-9-14/h6-9,12,15H,10-11H2,1-5H3,(H,20,22)(H,21,23)/t15-/m0/s1. The van der Waals surface area contributed by atoms with Gasteiger partial charge in [-0.15, -0.1) is 0 Å². The summed E-state index contributed by atoms with van der Waals surface area (Å²) in [5.74, 6) is 0.00705. The van der Waals surface area contributed by atoms with Crippen LogP contribution in [0.25, 0.3) is 0 Å². The Labute approximate surface area is 152 Å². The van der Waals surface area contributed by atoms with Crippen molar-refractivity contribution in [3.8, 4) is 0 Å². The number of alkyl carbamates (subject to hydrolysis) is 1. The highest BCUT2D eigenvalue weighted by molar-refractivity contribution is 9.08. The van der Waals surface area contributed by atoms with Crippen LogP contribution in [0.15, 0.2) is 24.3 Å². The van der Waals surface area contributed by atoms with Gasteiger partial charge in [-0.3, -0.25) is 4.79 Å². The van der Waals surface area contributed by atoms with Crippen molar-refractivity contribution < 1.29 is 14.3 Å². The fourth-order valence-corrected chi connectivity index (χ4v) is 2.43. The number of benzene rings is 1. The van der Waals surface area contributed by atoms with Gasteiger partial charge in [-0.1, -0.05) is 41.9 Å². The minimum Gasteiger partial charge on any atom is -0.444 e. The fraction of sp³-hybridized carbons (Fsp3) is 0.556. The lowest BCUT2D eigenvalue weighted by Gasteiger charge is -2.24. The first-order chi connectivity index (χ1) is 11.1. The number of hydrogen-bond acceptors (Lipinski definition) is 3.